The Kier molecular flexibility index (Phi) is 4.63. The molecule has 19 heavy (non-hydrogen) atoms. The van der Waals surface area contributed by atoms with Crippen LogP contribution in [0.4, 0.5) is 10.9 Å². The van der Waals surface area contributed by atoms with E-state index >= 15 is 0 Å². The van der Waals surface area contributed by atoms with E-state index in [0.717, 1.165) is 18.0 Å². The maximum absolute atomic E-state index is 12.1. The third-order valence-corrected chi connectivity index (χ3v) is 4.39. The van der Waals surface area contributed by atoms with Gasteiger partial charge in [-0.05, 0) is 32.6 Å². The number of thiazole rings is 1. The van der Waals surface area contributed by atoms with Crippen molar-refractivity contribution in [3.05, 3.63) is 4.88 Å². The van der Waals surface area contributed by atoms with Gasteiger partial charge < -0.3 is 16.4 Å². The van der Waals surface area contributed by atoms with Crippen molar-refractivity contribution in [2.45, 2.75) is 58.0 Å². The average molecular weight is 282 g/mol. The van der Waals surface area contributed by atoms with Crippen molar-refractivity contribution >= 4 is 28.2 Å². The van der Waals surface area contributed by atoms with Crippen molar-refractivity contribution in [3.8, 4) is 0 Å². The van der Waals surface area contributed by atoms with E-state index in [0.29, 0.717) is 16.7 Å². The van der Waals surface area contributed by atoms with Crippen LogP contribution >= 0.6 is 11.3 Å². The van der Waals surface area contributed by atoms with Crippen LogP contribution in [0.2, 0.25) is 0 Å². The number of carbonyl (C=O) groups excluding carboxylic acids is 1. The lowest BCUT2D eigenvalue weighted by atomic mass is 9.93. The van der Waals surface area contributed by atoms with Gasteiger partial charge in [-0.2, -0.15) is 0 Å². The average Bonchev–Trinajstić information content (AvgIpc) is 2.65. The summed E-state index contributed by atoms with van der Waals surface area (Å²) in [6.45, 7) is 4.11. The quantitative estimate of drug-likeness (QED) is 0.749. The number of nitrogens with one attached hydrogen (secondary N) is 2. The molecule has 4 N–H and O–H groups in total. The number of nitrogens with zero attached hydrogens (tertiary/aromatic N) is 1. The van der Waals surface area contributed by atoms with Crippen LogP contribution in [0.3, 0.4) is 0 Å². The van der Waals surface area contributed by atoms with Gasteiger partial charge in [-0.25, -0.2) is 4.98 Å². The molecule has 0 saturated heterocycles. The first-order chi connectivity index (χ1) is 9.10. The second-order valence-electron chi connectivity index (χ2n) is 5.17. The highest BCUT2D eigenvalue weighted by atomic mass is 32.1. The van der Waals surface area contributed by atoms with Crippen molar-refractivity contribution in [2.75, 3.05) is 11.1 Å². The third kappa shape index (κ3) is 3.59. The second kappa shape index (κ2) is 6.23. The normalized spacial score (nSPS) is 16.7. The minimum atomic E-state index is -0.113. The zero-order chi connectivity index (χ0) is 13.8. The van der Waals surface area contributed by atoms with E-state index in [2.05, 4.69) is 22.5 Å². The minimum Gasteiger partial charge on any atom is -0.382 e. The first-order valence-electron chi connectivity index (χ1n) is 6.93. The van der Waals surface area contributed by atoms with Crippen molar-refractivity contribution in [1.29, 1.82) is 0 Å². The molecule has 1 unspecified atom stereocenters. The molecule has 6 heteroatoms. The second-order valence-corrected chi connectivity index (χ2v) is 6.17. The predicted octanol–water partition coefficient (Wildman–Crippen LogP) is 2.61. The molecule has 1 heterocycles. The maximum atomic E-state index is 12.1. The molecule has 1 fully saturated rings. The summed E-state index contributed by atoms with van der Waals surface area (Å²) >= 11 is 1.35. The predicted molar refractivity (Wildman–Crippen MR) is 79.6 cm³/mol. The molecule has 1 atom stereocenters. The third-order valence-electron chi connectivity index (χ3n) is 3.39. The summed E-state index contributed by atoms with van der Waals surface area (Å²) in [5.41, 5.74) is 5.83. The van der Waals surface area contributed by atoms with Gasteiger partial charge in [-0.3, -0.25) is 4.79 Å². The van der Waals surface area contributed by atoms with Crippen LogP contribution in [0.15, 0.2) is 0 Å². The highest BCUT2D eigenvalue weighted by Gasteiger charge is 2.21. The lowest BCUT2D eigenvalue weighted by Gasteiger charge is -2.25. The fraction of sp³-hybridized carbons (Fsp3) is 0.692. The van der Waals surface area contributed by atoms with Gasteiger partial charge in [0.15, 0.2) is 5.13 Å². The Bertz CT molecular complexity index is 442. The first-order valence-corrected chi connectivity index (χ1v) is 7.75. The monoisotopic (exact) mass is 282 g/mol. The fourth-order valence-electron chi connectivity index (χ4n) is 2.08. The number of amides is 1. The van der Waals surface area contributed by atoms with Crippen molar-refractivity contribution in [3.63, 3.8) is 0 Å². The largest absolute Gasteiger partial charge is 0.382 e. The molecule has 1 aromatic rings. The van der Waals surface area contributed by atoms with E-state index in [9.17, 15) is 4.79 Å². The molecule has 0 radical (unpaired) electrons. The molecule has 0 aliphatic heterocycles. The van der Waals surface area contributed by atoms with Gasteiger partial charge in [0.05, 0.1) is 0 Å². The van der Waals surface area contributed by atoms with Crippen LogP contribution in [0.5, 0.6) is 0 Å². The van der Waals surface area contributed by atoms with Crippen LogP contribution in [0.25, 0.3) is 0 Å². The summed E-state index contributed by atoms with van der Waals surface area (Å²) in [5, 5.41) is 7.04. The van der Waals surface area contributed by atoms with Gasteiger partial charge >= 0.3 is 0 Å². The number of aromatic nitrogens is 1. The summed E-state index contributed by atoms with van der Waals surface area (Å²) < 4.78 is 0. The van der Waals surface area contributed by atoms with E-state index in [4.69, 9.17) is 5.73 Å². The van der Waals surface area contributed by atoms with E-state index in [1.165, 1.54) is 30.6 Å². The van der Waals surface area contributed by atoms with E-state index in [-0.39, 0.29) is 11.9 Å². The summed E-state index contributed by atoms with van der Waals surface area (Å²) in [6.07, 6.45) is 5.63. The molecule has 2 rings (SSSR count). The summed E-state index contributed by atoms with van der Waals surface area (Å²) in [6, 6.07) is 0.669. The van der Waals surface area contributed by atoms with Crippen LogP contribution in [0, 0.1) is 0 Å². The summed E-state index contributed by atoms with van der Waals surface area (Å²) in [5.74, 6) is 0.214. The zero-order valence-electron chi connectivity index (χ0n) is 11.5. The number of hydrogen-bond donors (Lipinski definition) is 3. The van der Waals surface area contributed by atoms with E-state index in [1.54, 1.807) is 0 Å². The van der Waals surface area contributed by atoms with Crippen LogP contribution in [-0.4, -0.2) is 23.0 Å². The van der Waals surface area contributed by atoms with Gasteiger partial charge in [0.1, 0.15) is 10.7 Å². The Morgan fingerprint density at radius 2 is 2.32 bits per heavy atom. The molecule has 5 nitrogen and oxygen atoms in total. The number of nitrogen functional groups attached to an aromatic ring is 1. The Morgan fingerprint density at radius 1 is 1.58 bits per heavy atom. The highest BCUT2D eigenvalue weighted by Crippen LogP contribution is 2.29. The molecule has 1 saturated carbocycles. The van der Waals surface area contributed by atoms with Crippen LogP contribution in [-0.2, 0) is 0 Å². The van der Waals surface area contributed by atoms with E-state index in [1.807, 2.05) is 6.92 Å². The van der Waals surface area contributed by atoms with Crippen molar-refractivity contribution in [2.24, 2.45) is 0 Å². The molecule has 0 aromatic carbocycles. The van der Waals surface area contributed by atoms with Crippen LogP contribution in [0.1, 0.15) is 55.6 Å². The first kappa shape index (κ1) is 14.1. The standard InChI is InChI=1S/C13H22N4OS/c1-3-5-8(2)15-12(18)10-11(14)17-13(19-10)16-9-6-4-7-9/h8-9H,3-7,14H2,1-2H3,(H,15,18)(H,16,17). The lowest BCUT2D eigenvalue weighted by Crippen LogP contribution is -2.32. The van der Waals surface area contributed by atoms with Gasteiger partial charge in [0, 0.05) is 12.1 Å². The van der Waals surface area contributed by atoms with Gasteiger partial charge in [-0.1, -0.05) is 24.7 Å². The molecule has 1 aliphatic rings. The molecule has 0 spiro atoms. The highest BCUT2D eigenvalue weighted by molar-refractivity contribution is 7.18. The zero-order valence-corrected chi connectivity index (χ0v) is 12.3. The lowest BCUT2D eigenvalue weighted by molar-refractivity contribution is 0.0943. The Balaban J connectivity index is 1.96. The molecule has 1 aromatic heterocycles. The molecule has 0 bridgehead atoms. The summed E-state index contributed by atoms with van der Waals surface area (Å²) in [4.78, 5) is 16.8. The number of rotatable bonds is 6. The Hall–Kier alpha value is -1.30. The Morgan fingerprint density at radius 3 is 2.89 bits per heavy atom. The number of hydrogen-bond acceptors (Lipinski definition) is 5. The van der Waals surface area contributed by atoms with E-state index < -0.39 is 0 Å². The van der Waals surface area contributed by atoms with Crippen molar-refractivity contribution < 1.29 is 4.79 Å². The number of anilines is 2. The molecular weight excluding hydrogens is 260 g/mol. The molecular formula is C13H22N4OS. The Labute approximate surface area is 118 Å². The minimum absolute atomic E-state index is 0.113. The molecule has 1 amide bonds. The van der Waals surface area contributed by atoms with Crippen molar-refractivity contribution in [1.82, 2.24) is 10.3 Å². The number of carbonyl (C=O) groups is 1. The molecule has 106 valence electrons. The maximum Gasteiger partial charge on any atom is 0.265 e. The topological polar surface area (TPSA) is 80.0 Å². The summed E-state index contributed by atoms with van der Waals surface area (Å²) in [7, 11) is 0. The number of nitrogens with two attached hydrogens (primary N) is 1. The van der Waals surface area contributed by atoms with Gasteiger partial charge in [0.2, 0.25) is 0 Å². The SMILES string of the molecule is CCCC(C)NC(=O)c1sc(NC2CCC2)nc1N. The van der Waals surface area contributed by atoms with Crippen LogP contribution < -0.4 is 16.4 Å². The fourth-order valence-corrected chi connectivity index (χ4v) is 2.94. The van der Waals surface area contributed by atoms with Gasteiger partial charge in [-0.15, -0.1) is 0 Å². The smallest absolute Gasteiger partial charge is 0.265 e. The molecule has 1 aliphatic carbocycles. The van der Waals surface area contributed by atoms with Gasteiger partial charge in [0.25, 0.3) is 5.91 Å².